The predicted molar refractivity (Wildman–Crippen MR) is 98.8 cm³/mol. The minimum absolute atomic E-state index is 0.0394. The Morgan fingerprint density at radius 2 is 1.77 bits per heavy atom. The van der Waals surface area contributed by atoms with Gasteiger partial charge in [0.15, 0.2) is 0 Å². The van der Waals surface area contributed by atoms with E-state index in [1.807, 2.05) is 76.8 Å². The number of benzene rings is 1. The second-order valence-corrected chi connectivity index (χ2v) is 6.73. The number of amides is 1. The molecular weight excluding hydrogens is 328 g/mol. The molecule has 1 aliphatic heterocycles. The van der Waals surface area contributed by atoms with Crippen molar-refractivity contribution < 1.29 is 9.53 Å². The van der Waals surface area contributed by atoms with Crippen LogP contribution in [0.2, 0.25) is 0 Å². The van der Waals surface area contributed by atoms with Gasteiger partial charge < -0.3 is 18.8 Å². The molecular formula is C20H22N4O2. The zero-order valence-electron chi connectivity index (χ0n) is 14.9. The molecule has 0 aliphatic carbocycles. The van der Waals surface area contributed by atoms with Crippen molar-refractivity contribution in [3.05, 3.63) is 67.0 Å². The summed E-state index contributed by atoms with van der Waals surface area (Å²) in [6.07, 6.45) is 9.46. The van der Waals surface area contributed by atoms with E-state index < -0.39 is 0 Å². The minimum Gasteiger partial charge on any atom is -0.372 e. The molecule has 26 heavy (non-hydrogen) atoms. The average Bonchev–Trinajstić information content (AvgIpc) is 3.33. The minimum atomic E-state index is 0.0394. The van der Waals surface area contributed by atoms with Gasteiger partial charge in [0.25, 0.3) is 5.91 Å². The molecule has 6 heteroatoms. The zero-order valence-corrected chi connectivity index (χ0v) is 14.9. The van der Waals surface area contributed by atoms with Gasteiger partial charge in [-0.3, -0.25) is 4.79 Å². The Labute approximate surface area is 152 Å². The number of hydrogen-bond acceptors (Lipinski definition) is 3. The number of ether oxygens (including phenoxy) is 1. The van der Waals surface area contributed by atoms with Gasteiger partial charge in [-0.2, -0.15) is 0 Å². The summed E-state index contributed by atoms with van der Waals surface area (Å²) < 4.78 is 9.70. The molecule has 3 aromatic rings. The maximum atomic E-state index is 13.1. The van der Waals surface area contributed by atoms with E-state index >= 15 is 0 Å². The SMILES string of the molecule is C[C@H]1CN(C(=O)c2ccc(-n3ccnc3)c(-n3cccc3)c2)C[C@H](C)O1. The maximum absolute atomic E-state index is 13.1. The Morgan fingerprint density at radius 1 is 1.04 bits per heavy atom. The summed E-state index contributed by atoms with van der Waals surface area (Å²) in [7, 11) is 0. The van der Waals surface area contributed by atoms with E-state index in [4.69, 9.17) is 4.74 Å². The summed E-state index contributed by atoms with van der Waals surface area (Å²) in [6.45, 7) is 5.24. The fourth-order valence-electron chi connectivity index (χ4n) is 3.50. The first-order valence-electron chi connectivity index (χ1n) is 8.82. The summed E-state index contributed by atoms with van der Waals surface area (Å²) in [6, 6.07) is 9.74. The lowest BCUT2D eigenvalue weighted by molar-refractivity contribution is -0.0586. The van der Waals surface area contributed by atoms with E-state index in [0.29, 0.717) is 18.7 Å². The number of carbonyl (C=O) groups excluding carboxylic acids is 1. The number of aromatic nitrogens is 3. The quantitative estimate of drug-likeness (QED) is 0.730. The fraction of sp³-hybridized carbons (Fsp3) is 0.300. The van der Waals surface area contributed by atoms with Gasteiger partial charge in [0.1, 0.15) is 0 Å². The summed E-state index contributed by atoms with van der Waals surface area (Å²) in [5.74, 6) is 0.0394. The van der Waals surface area contributed by atoms with Crippen molar-refractivity contribution in [2.24, 2.45) is 0 Å². The lowest BCUT2D eigenvalue weighted by Crippen LogP contribution is -2.48. The molecule has 0 bridgehead atoms. The van der Waals surface area contributed by atoms with Gasteiger partial charge in [0, 0.05) is 43.4 Å². The van der Waals surface area contributed by atoms with Crippen molar-refractivity contribution in [2.45, 2.75) is 26.1 Å². The normalized spacial score (nSPS) is 20.3. The second-order valence-electron chi connectivity index (χ2n) is 6.73. The monoisotopic (exact) mass is 350 g/mol. The molecule has 3 heterocycles. The molecule has 2 aromatic heterocycles. The summed E-state index contributed by atoms with van der Waals surface area (Å²) in [5, 5.41) is 0. The van der Waals surface area contributed by atoms with E-state index in [1.165, 1.54) is 0 Å². The first-order valence-corrected chi connectivity index (χ1v) is 8.82. The number of hydrogen-bond donors (Lipinski definition) is 0. The van der Waals surface area contributed by atoms with Crippen molar-refractivity contribution >= 4 is 5.91 Å². The van der Waals surface area contributed by atoms with Crippen LogP contribution in [-0.2, 0) is 4.74 Å². The largest absolute Gasteiger partial charge is 0.372 e. The highest BCUT2D eigenvalue weighted by Crippen LogP contribution is 2.23. The van der Waals surface area contributed by atoms with Crippen LogP contribution in [-0.4, -0.2) is 50.2 Å². The molecule has 4 rings (SSSR count). The van der Waals surface area contributed by atoms with Crippen LogP contribution in [0.1, 0.15) is 24.2 Å². The van der Waals surface area contributed by atoms with Crippen molar-refractivity contribution in [1.29, 1.82) is 0 Å². The second kappa shape index (κ2) is 6.80. The molecule has 134 valence electrons. The van der Waals surface area contributed by atoms with Gasteiger partial charge in [0.2, 0.25) is 0 Å². The molecule has 0 radical (unpaired) electrons. The van der Waals surface area contributed by atoms with Gasteiger partial charge in [-0.15, -0.1) is 0 Å². The van der Waals surface area contributed by atoms with Gasteiger partial charge in [-0.1, -0.05) is 0 Å². The van der Waals surface area contributed by atoms with Crippen LogP contribution in [0.5, 0.6) is 0 Å². The third-order valence-corrected chi connectivity index (χ3v) is 4.59. The molecule has 2 atom stereocenters. The molecule has 0 N–H and O–H groups in total. The van der Waals surface area contributed by atoms with Crippen molar-refractivity contribution in [2.75, 3.05) is 13.1 Å². The third-order valence-electron chi connectivity index (χ3n) is 4.59. The van der Waals surface area contributed by atoms with E-state index in [9.17, 15) is 4.79 Å². The van der Waals surface area contributed by atoms with Crippen molar-refractivity contribution in [1.82, 2.24) is 19.0 Å². The van der Waals surface area contributed by atoms with Gasteiger partial charge >= 0.3 is 0 Å². The first kappa shape index (κ1) is 16.6. The smallest absolute Gasteiger partial charge is 0.254 e. The molecule has 0 unspecified atom stereocenters. The van der Waals surface area contributed by atoms with Crippen LogP contribution >= 0.6 is 0 Å². The van der Waals surface area contributed by atoms with Gasteiger partial charge in [0.05, 0.1) is 29.9 Å². The van der Waals surface area contributed by atoms with E-state index in [-0.39, 0.29) is 18.1 Å². The molecule has 0 spiro atoms. The Balaban J connectivity index is 1.72. The van der Waals surface area contributed by atoms with Crippen molar-refractivity contribution in [3.8, 4) is 11.4 Å². The summed E-state index contributed by atoms with van der Waals surface area (Å²) in [5.41, 5.74) is 2.59. The standard InChI is InChI=1S/C20H22N4O2/c1-15-12-24(13-16(2)26-15)20(25)17-5-6-18(23-10-7-21-14-23)19(11-17)22-8-3-4-9-22/h3-11,14-16H,12-13H2,1-2H3/t15-,16-/m0/s1. The van der Waals surface area contributed by atoms with E-state index in [2.05, 4.69) is 4.98 Å². The van der Waals surface area contributed by atoms with Crippen LogP contribution in [0, 0.1) is 0 Å². The van der Waals surface area contributed by atoms with Crippen molar-refractivity contribution in [3.63, 3.8) is 0 Å². The topological polar surface area (TPSA) is 52.3 Å². The number of morpholine rings is 1. The molecule has 0 saturated carbocycles. The van der Waals surface area contributed by atoms with E-state index in [1.54, 1.807) is 12.5 Å². The van der Waals surface area contributed by atoms with E-state index in [0.717, 1.165) is 11.4 Å². The fourth-order valence-corrected chi connectivity index (χ4v) is 3.50. The Bertz CT molecular complexity index is 877. The molecule has 1 saturated heterocycles. The van der Waals surface area contributed by atoms with Crippen LogP contribution < -0.4 is 0 Å². The number of rotatable bonds is 3. The van der Waals surface area contributed by atoms with Crippen LogP contribution in [0.4, 0.5) is 0 Å². The average molecular weight is 350 g/mol. The first-order chi connectivity index (χ1) is 12.6. The highest BCUT2D eigenvalue weighted by molar-refractivity contribution is 5.95. The molecule has 1 aliphatic rings. The number of nitrogens with zero attached hydrogens (tertiary/aromatic N) is 4. The molecule has 1 fully saturated rings. The zero-order chi connectivity index (χ0) is 18.1. The number of carbonyl (C=O) groups is 1. The Morgan fingerprint density at radius 3 is 2.42 bits per heavy atom. The van der Waals surface area contributed by atoms with Crippen LogP contribution in [0.15, 0.2) is 61.4 Å². The third kappa shape index (κ3) is 3.15. The molecule has 6 nitrogen and oxygen atoms in total. The number of imidazole rings is 1. The van der Waals surface area contributed by atoms with Crippen LogP contribution in [0.3, 0.4) is 0 Å². The predicted octanol–water partition coefficient (Wildman–Crippen LogP) is 2.91. The lowest BCUT2D eigenvalue weighted by Gasteiger charge is -2.35. The molecule has 1 amide bonds. The van der Waals surface area contributed by atoms with Gasteiger partial charge in [-0.25, -0.2) is 4.98 Å². The summed E-state index contributed by atoms with van der Waals surface area (Å²) >= 11 is 0. The lowest BCUT2D eigenvalue weighted by atomic mass is 10.1. The van der Waals surface area contributed by atoms with Crippen LogP contribution in [0.25, 0.3) is 11.4 Å². The molecule has 1 aromatic carbocycles. The highest BCUT2D eigenvalue weighted by atomic mass is 16.5. The summed E-state index contributed by atoms with van der Waals surface area (Å²) in [4.78, 5) is 19.1. The maximum Gasteiger partial charge on any atom is 0.254 e. The Kier molecular flexibility index (Phi) is 4.34. The highest BCUT2D eigenvalue weighted by Gasteiger charge is 2.27. The van der Waals surface area contributed by atoms with Gasteiger partial charge in [-0.05, 0) is 44.2 Å². The Hall–Kier alpha value is -2.86.